The summed E-state index contributed by atoms with van der Waals surface area (Å²) in [6.45, 7) is 0.473. The lowest BCUT2D eigenvalue weighted by Gasteiger charge is -2.08. The maximum atomic E-state index is 13.1. The van der Waals surface area contributed by atoms with Crippen LogP contribution < -0.4 is 5.32 Å². The van der Waals surface area contributed by atoms with E-state index in [1.807, 2.05) is 6.26 Å². The van der Waals surface area contributed by atoms with E-state index in [0.717, 1.165) is 12.2 Å². The van der Waals surface area contributed by atoms with Gasteiger partial charge < -0.3 is 5.32 Å². The summed E-state index contributed by atoms with van der Waals surface area (Å²) >= 11 is 1.66. The lowest BCUT2D eigenvalue weighted by atomic mass is 10.2. The second kappa shape index (κ2) is 5.90. The van der Waals surface area contributed by atoms with Gasteiger partial charge in [0.15, 0.2) is 11.6 Å². The Labute approximate surface area is 91.1 Å². The van der Waals surface area contributed by atoms with Crippen molar-refractivity contribution >= 4 is 17.4 Å². The number of thioether (sulfide) groups is 1. The molecule has 0 unspecified atom stereocenters. The molecule has 0 fully saturated rings. The minimum Gasteiger partial charge on any atom is -0.380 e. The number of hydrogen-bond donors (Lipinski definition) is 1. The number of nitrogens with one attached hydrogen (secondary N) is 1. The van der Waals surface area contributed by atoms with Crippen LogP contribution in [-0.2, 0) is 0 Å². The first kappa shape index (κ1) is 12.2. The molecule has 0 radical (unpaired) electrons. The van der Waals surface area contributed by atoms with Crippen molar-refractivity contribution in [3.05, 3.63) is 29.6 Å². The normalized spacial score (nSPS) is 10.4. The van der Waals surface area contributed by atoms with Crippen LogP contribution in [0.15, 0.2) is 12.1 Å². The van der Waals surface area contributed by atoms with Gasteiger partial charge in [-0.15, -0.1) is 0 Å². The van der Waals surface area contributed by atoms with Gasteiger partial charge in [-0.05, 0) is 18.4 Å². The van der Waals surface area contributed by atoms with Crippen molar-refractivity contribution in [1.82, 2.24) is 0 Å². The monoisotopic (exact) mass is 235 g/mol. The quantitative estimate of drug-likeness (QED) is 0.786. The molecule has 0 bridgehead atoms. The average molecular weight is 235 g/mol. The number of halogens is 3. The highest BCUT2D eigenvalue weighted by atomic mass is 32.2. The van der Waals surface area contributed by atoms with Crippen LogP contribution in [0.4, 0.5) is 18.9 Å². The third-order valence-electron chi connectivity index (χ3n) is 1.83. The van der Waals surface area contributed by atoms with E-state index in [2.05, 4.69) is 5.32 Å². The highest BCUT2D eigenvalue weighted by molar-refractivity contribution is 7.98. The van der Waals surface area contributed by atoms with Gasteiger partial charge in [0.05, 0.1) is 0 Å². The number of benzene rings is 1. The van der Waals surface area contributed by atoms with Gasteiger partial charge >= 0.3 is 0 Å². The van der Waals surface area contributed by atoms with Gasteiger partial charge in [-0.1, -0.05) is 0 Å². The summed E-state index contributed by atoms with van der Waals surface area (Å²) in [5.41, 5.74) is -0.252. The zero-order chi connectivity index (χ0) is 11.3. The molecule has 0 amide bonds. The highest BCUT2D eigenvalue weighted by Gasteiger charge is 2.10. The zero-order valence-corrected chi connectivity index (χ0v) is 9.13. The maximum absolute atomic E-state index is 13.1. The van der Waals surface area contributed by atoms with Crippen LogP contribution in [0.2, 0.25) is 0 Å². The SMILES string of the molecule is CSCCCNc1c(F)cc(F)cc1F. The van der Waals surface area contributed by atoms with Crippen LogP contribution in [-0.4, -0.2) is 18.6 Å². The number of rotatable bonds is 5. The van der Waals surface area contributed by atoms with Gasteiger partial charge in [-0.2, -0.15) is 11.8 Å². The first-order valence-corrected chi connectivity index (χ1v) is 5.92. The molecule has 0 aliphatic rings. The predicted octanol–water partition coefficient (Wildman–Crippen LogP) is 3.27. The van der Waals surface area contributed by atoms with Crippen LogP contribution in [0.3, 0.4) is 0 Å². The molecule has 0 spiro atoms. The number of hydrogen-bond acceptors (Lipinski definition) is 2. The summed E-state index contributed by atoms with van der Waals surface area (Å²) in [7, 11) is 0. The van der Waals surface area contributed by atoms with Crippen molar-refractivity contribution < 1.29 is 13.2 Å². The van der Waals surface area contributed by atoms with Gasteiger partial charge in [0.2, 0.25) is 0 Å². The van der Waals surface area contributed by atoms with Gasteiger partial charge in [0, 0.05) is 18.7 Å². The van der Waals surface area contributed by atoms with E-state index in [4.69, 9.17) is 0 Å². The molecule has 5 heteroatoms. The molecule has 1 aromatic rings. The molecular formula is C10H12F3NS. The molecule has 1 aromatic carbocycles. The Morgan fingerprint density at radius 1 is 1.20 bits per heavy atom. The van der Waals surface area contributed by atoms with Crippen molar-refractivity contribution in [3.8, 4) is 0 Å². The van der Waals surface area contributed by atoms with Crippen molar-refractivity contribution in [2.45, 2.75) is 6.42 Å². The molecule has 0 heterocycles. The Balaban J connectivity index is 2.60. The second-order valence-corrected chi connectivity index (χ2v) is 4.00. The first-order chi connectivity index (χ1) is 7.15. The lowest BCUT2D eigenvalue weighted by molar-refractivity contribution is 0.547. The molecule has 15 heavy (non-hydrogen) atoms. The Morgan fingerprint density at radius 3 is 2.33 bits per heavy atom. The zero-order valence-electron chi connectivity index (χ0n) is 8.32. The molecule has 1 nitrogen and oxygen atoms in total. The molecule has 0 atom stereocenters. The van der Waals surface area contributed by atoms with Crippen molar-refractivity contribution in [3.63, 3.8) is 0 Å². The lowest BCUT2D eigenvalue weighted by Crippen LogP contribution is -2.06. The van der Waals surface area contributed by atoms with Crippen molar-refractivity contribution in [1.29, 1.82) is 0 Å². The average Bonchev–Trinajstić information content (AvgIpc) is 2.15. The largest absolute Gasteiger partial charge is 0.380 e. The Kier molecular flexibility index (Phi) is 4.81. The van der Waals surface area contributed by atoms with Crippen molar-refractivity contribution in [2.75, 3.05) is 23.9 Å². The van der Waals surface area contributed by atoms with Gasteiger partial charge in [-0.25, -0.2) is 13.2 Å². The van der Waals surface area contributed by atoms with Gasteiger partial charge in [-0.3, -0.25) is 0 Å². The van der Waals surface area contributed by atoms with Gasteiger partial charge in [0.25, 0.3) is 0 Å². The van der Waals surface area contributed by atoms with Gasteiger partial charge in [0.1, 0.15) is 11.5 Å². The van der Waals surface area contributed by atoms with E-state index in [-0.39, 0.29) is 5.69 Å². The minimum atomic E-state index is -0.903. The topological polar surface area (TPSA) is 12.0 Å². The molecule has 1 N–H and O–H groups in total. The van der Waals surface area contributed by atoms with Crippen LogP contribution in [0.1, 0.15) is 6.42 Å². The molecule has 0 aromatic heterocycles. The third-order valence-corrected chi connectivity index (χ3v) is 2.53. The Hall–Kier alpha value is -0.840. The fourth-order valence-electron chi connectivity index (χ4n) is 1.14. The summed E-state index contributed by atoms with van der Waals surface area (Å²) in [6, 6.07) is 1.33. The summed E-state index contributed by atoms with van der Waals surface area (Å²) in [5.74, 6) is -1.77. The van der Waals surface area contributed by atoms with E-state index in [0.29, 0.717) is 18.7 Å². The van der Waals surface area contributed by atoms with E-state index in [9.17, 15) is 13.2 Å². The predicted molar refractivity (Wildman–Crippen MR) is 57.8 cm³/mol. The number of anilines is 1. The van der Waals surface area contributed by atoms with Crippen LogP contribution in [0.25, 0.3) is 0 Å². The summed E-state index contributed by atoms with van der Waals surface area (Å²) in [6.07, 6.45) is 2.76. The van der Waals surface area contributed by atoms with Crippen LogP contribution in [0.5, 0.6) is 0 Å². The Morgan fingerprint density at radius 2 is 1.80 bits per heavy atom. The van der Waals surface area contributed by atoms with E-state index >= 15 is 0 Å². The van der Waals surface area contributed by atoms with Crippen LogP contribution in [0, 0.1) is 17.5 Å². The second-order valence-electron chi connectivity index (χ2n) is 3.02. The fraction of sp³-hybridized carbons (Fsp3) is 0.400. The molecule has 1 rings (SSSR count). The minimum absolute atomic E-state index is 0.252. The smallest absolute Gasteiger partial charge is 0.152 e. The first-order valence-electron chi connectivity index (χ1n) is 4.52. The Bertz CT molecular complexity index is 307. The fourth-order valence-corrected chi connectivity index (χ4v) is 1.57. The maximum Gasteiger partial charge on any atom is 0.152 e. The van der Waals surface area contributed by atoms with Crippen LogP contribution >= 0.6 is 11.8 Å². The van der Waals surface area contributed by atoms with E-state index < -0.39 is 17.5 Å². The standard InChI is InChI=1S/C10H12F3NS/c1-15-4-2-3-14-10-8(12)5-7(11)6-9(10)13/h5-6,14H,2-4H2,1H3. The molecular weight excluding hydrogens is 223 g/mol. The summed E-state index contributed by atoms with van der Waals surface area (Å²) in [4.78, 5) is 0. The van der Waals surface area contributed by atoms with E-state index in [1.54, 1.807) is 11.8 Å². The van der Waals surface area contributed by atoms with E-state index in [1.165, 1.54) is 0 Å². The summed E-state index contributed by atoms with van der Waals surface area (Å²) < 4.78 is 38.7. The molecule has 0 aliphatic heterocycles. The molecule has 0 aliphatic carbocycles. The highest BCUT2D eigenvalue weighted by Crippen LogP contribution is 2.19. The third kappa shape index (κ3) is 3.66. The summed E-state index contributed by atoms with van der Waals surface area (Å²) in [5, 5.41) is 2.61. The molecule has 0 saturated heterocycles. The molecule has 84 valence electrons. The van der Waals surface area contributed by atoms with Crippen molar-refractivity contribution in [2.24, 2.45) is 0 Å². The molecule has 0 saturated carbocycles.